The fourth-order valence-corrected chi connectivity index (χ4v) is 3.97. The maximum absolute atomic E-state index is 12.1. The van der Waals surface area contributed by atoms with E-state index in [1.165, 1.54) is 5.17 Å². The molecule has 1 N–H and O–H groups in total. The number of para-hydroxylation sites is 1. The molecule has 24 heavy (non-hydrogen) atoms. The van der Waals surface area contributed by atoms with Crippen LogP contribution in [0.15, 0.2) is 29.3 Å². The molecule has 1 saturated heterocycles. The van der Waals surface area contributed by atoms with Gasteiger partial charge in [-0.2, -0.15) is 0 Å². The van der Waals surface area contributed by atoms with Gasteiger partial charge in [0.2, 0.25) is 5.91 Å². The summed E-state index contributed by atoms with van der Waals surface area (Å²) in [6.45, 7) is 10.0. The van der Waals surface area contributed by atoms with Crippen molar-refractivity contribution in [2.45, 2.75) is 25.5 Å². The predicted molar refractivity (Wildman–Crippen MR) is 102 cm³/mol. The van der Waals surface area contributed by atoms with Gasteiger partial charge in [-0.05, 0) is 18.6 Å². The molecule has 0 radical (unpaired) electrons. The number of nitrogens with one attached hydrogen (secondary N) is 1. The average Bonchev–Trinajstić information content (AvgIpc) is 3.02. The van der Waals surface area contributed by atoms with E-state index in [1.807, 2.05) is 43.0 Å². The Morgan fingerprint density at radius 1 is 1.29 bits per heavy atom. The number of carbonyl (C=O) groups excluding carboxylic acids is 1. The molecule has 1 fully saturated rings. The number of thioether (sulfide) groups is 1. The lowest BCUT2D eigenvalue weighted by molar-refractivity contribution is -0.116. The Morgan fingerprint density at radius 2 is 2.04 bits per heavy atom. The number of rotatable bonds is 4. The van der Waals surface area contributed by atoms with Crippen LogP contribution in [0.4, 0.5) is 5.69 Å². The number of hydrogen-bond acceptors (Lipinski definition) is 5. The highest BCUT2D eigenvalue weighted by Gasteiger charge is 2.24. The lowest BCUT2D eigenvalue weighted by atomic mass is 10.2. The summed E-state index contributed by atoms with van der Waals surface area (Å²) in [5.41, 5.74) is 2.02. The van der Waals surface area contributed by atoms with Gasteiger partial charge in [0.1, 0.15) is 0 Å². The van der Waals surface area contributed by atoms with Crippen LogP contribution in [0.5, 0.6) is 0 Å². The number of amides is 1. The van der Waals surface area contributed by atoms with Crippen LogP contribution < -0.4 is 5.32 Å². The van der Waals surface area contributed by atoms with Crippen molar-refractivity contribution < 1.29 is 4.79 Å². The number of hydrogen-bond donors (Lipinski definition) is 1. The van der Waals surface area contributed by atoms with Crippen molar-refractivity contribution in [2.24, 2.45) is 4.99 Å². The fourth-order valence-electron chi connectivity index (χ4n) is 2.98. The number of aryl methyl sites for hydroxylation is 1. The first-order valence-electron chi connectivity index (χ1n) is 8.66. The van der Waals surface area contributed by atoms with Gasteiger partial charge in [-0.25, -0.2) is 0 Å². The summed E-state index contributed by atoms with van der Waals surface area (Å²) in [4.78, 5) is 21.5. The van der Waals surface area contributed by atoms with Crippen LogP contribution in [-0.2, 0) is 4.79 Å². The molecule has 1 amide bonds. The van der Waals surface area contributed by atoms with E-state index >= 15 is 0 Å². The zero-order chi connectivity index (χ0) is 16.9. The number of aliphatic imine (C=N–C) groups is 1. The van der Waals surface area contributed by atoms with Gasteiger partial charge in [-0.1, -0.05) is 36.9 Å². The Labute approximate surface area is 148 Å². The molecule has 2 aliphatic rings. The smallest absolute Gasteiger partial charge is 0.225 e. The first kappa shape index (κ1) is 17.3. The van der Waals surface area contributed by atoms with Crippen LogP contribution in [0.3, 0.4) is 0 Å². The van der Waals surface area contributed by atoms with Gasteiger partial charge in [-0.3, -0.25) is 14.7 Å². The second-order valence-electron chi connectivity index (χ2n) is 6.49. The molecule has 0 saturated carbocycles. The second kappa shape index (κ2) is 8.03. The first-order valence-corrected chi connectivity index (χ1v) is 9.53. The predicted octanol–water partition coefficient (Wildman–Crippen LogP) is 2.43. The molecule has 0 bridgehead atoms. The Kier molecular flexibility index (Phi) is 5.79. The van der Waals surface area contributed by atoms with Crippen molar-refractivity contribution in [3.8, 4) is 0 Å². The molecule has 6 heteroatoms. The number of piperazine rings is 1. The summed E-state index contributed by atoms with van der Waals surface area (Å²) >= 11 is 1.89. The van der Waals surface area contributed by atoms with Crippen molar-refractivity contribution in [3.63, 3.8) is 0 Å². The zero-order valence-electron chi connectivity index (χ0n) is 14.5. The molecule has 1 aromatic carbocycles. The van der Waals surface area contributed by atoms with E-state index in [2.05, 4.69) is 27.0 Å². The van der Waals surface area contributed by atoms with Crippen molar-refractivity contribution in [3.05, 3.63) is 29.8 Å². The Hall–Kier alpha value is -1.53. The number of anilines is 1. The van der Waals surface area contributed by atoms with Gasteiger partial charge >= 0.3 is 0 Å². The van der Waals surface area contributed by atoms with E-state index in [-0.39, 0.29) is 5.91 Å². The highest BCUT2D eigenvalue weighted by Crippen LogP contribution is 2.23. The van der Waals surface area contributed by atoms with Gasteiger partial charge in [0.15, 0.2) is 5.17 Å². The SMILES string of the molecule is Cc1ccccc1NC(=O)CCN1CCN(C2=NC[C@@H](C)S2)CC1. The standard InChI is InChI=1S/C18H26N4OS/c1-14-5-3-4-6-16(14)20-17(23)7-8-21-9-11-22(12-10-21)18-19-13-15(2)24-18/h3-6,15H,7-13H2,1-2H3,(H,20,23)/t15-/m1/s1. The van der Waals surface area contributed by atoms with Gasteiger partial charge < -0.3 is 10.2 Å². The molecule has 130 valence electrons. The molecule has 5 nitrogen and oxygen atoms in total. The normalized spacial score (nSPS) is 21.7. The molecule has 1 aromatic rings. The Balaban J connectivity index is 1.39. The van der Waals surface area contributed by atoms with Crippen LogP contribution in [0.25, 0.3) is 0 Å². The van der Waals surface area contributed by atoms with E-state index in [0.29, 0.717) is 11.7 Å². The molecular formula is C18H26N4OS. The summed E-state index contributed by atoms with van der Waals surface area (Å²) < 4.78 is 0. The van der Waals surface area contributed by atoms with Crippen LogP contribution >= 0.6 is 11.8 Å². The minimum atomic E-state index is 0.0938. The van der Waals surface area contributed by atoms with Crippen LogP contribution in [0.2, 0.25) is 0 Å². The minimum Gasteiger partial charge on any atom is -0.349 e. The van der Waals surface area contributed by atoms with E-state index < -0.39 is 0 Å². The van der Waals surface area contributed by atoms with Gasteiger partial charge in [0, 0.05) is 50.1 Å². The lowest BCUT2D eigenvalue weighted by Gasteiger charge is -2.35. The topological polar surface area (TPSA) is 47.9 Å². The summed E-state index contributed by atoms with van der Waals surface area (Å²) in [5.74, 6) is 0.0938. The van der Waals surface area contributed by atoms with E-state index in [9.17, 15) is 4.79 Å². The van der Waals surface area contributed by atoms with Crippen molar-refractivity contribution in [1.29, 1.82) is 0 Å². The maximum Gasteiger partial charge on any atom is 0.225 e. The minimum absolute atomic E-state index is 0.0938. The Bertz CT molecular complexity index is 611. The molecule has 3 rings (SSSR count). The fraction of sp³-hybridized carbons (Fsp3) is 0.556. The largest absolute Gasteiger partial charge is 0.349 e. The highest BCUT2D eigenvalue weighted by molar-refractivity contribution is 8.14. The third-order valence-corrected chi connectivity index (χ3v) is 5.66. The summed E-state index contributed by atoms with van der Waals surface area (Å²) in [5, 5.41) is 4.83. The first-order chi connectivity index (χ1) is 11.6. The van der Waals surface area contributed by atoms with E-state index in [0.717, 1.165) is 50.5 Å². The number of amidine groups is 1. The lowest BCUT2D eigenvalue weighted by Crippen LogP contribution is -2.48. The number of nitrogens with zero attached hydrogens (tertiary/aromatic N) is 3. The van der Waals surface area contributed by atoms with Crippen LogP contribution in [0, 0.1) is 6.92 Å². The van der Waals surface area contributed by atoms with Crippen molar-refractivity contribution >= 4 is 28.5 Å². The number of carbonyl (C=O) groups is 1. The molecular weight excluding hydrogens is 320 g/mol. The molecule has 1 atom stereocenters. The molecule has 2 aliphatic heterocycles. The zero-order valence-corrected chi connectivity index (χ0v) is 15.3. The monoisotopic (exact) mass is 346 g/mol. The summed E-state index contributed by atoms with van der Waals surface area (Å²) in [6, 6.07) is 7.90. The molecule has 0 aromatic heterocycles. The van der Waals surface area contributed by atoms with Crippen molar-refractivity contribution in [2.75, 3.05) is 44.6 Å². The third-order valence-electron chi connectivity index (χ3n) is 4.51. The quantitative estimate of drug-likeness (QED) is 0.910. The maximum atomic E-state index is 12.1. The number of benzene rings is 1. The van der Waals surface area contributed by atoms with Crippen LogP contribution in [0.1, 0.15) is 18.9 Å². The van der Waals surface area contributed by atoms with Gasteiger partial charge in [-0.15, -0.1) is 0 Å². The highest BCUT2D eigenvalue weighted by atomic mass is 32.2. The Morgan fingerprint density at radius 3 is 2.71 bits per heavy atom. The van der Waals surface area contributed by atoms with E-state index in [4.69, 9.17) is 0 Å². The second-order valence-corrected chi connectivity index (χ2v) is 7.90. The molecule has 0 spiro atoms. The van der Waals surface area contributed by atoms with Gasteiger partial charge in [0.25, 0.3) is 0 Å². The molecule has 0 aliphatic carbocycles. The van der Waals surface area contributed by atoms with Crippen LogP contribution in [-0.4, -0.2) is 65.4 Å². The molecule has 2 heterocycles. The summed E-state index contributed by atoms with van der Waals surface area (Å²) in [7, 11) is 0. The van der Waals surface area contributed by atoms with E-state index in [1.54, 1.807) is 0 Å². The van der Waals surface area contributed by atoms with Crippen molar-refractivity contribution in [1.82, 2.24) is 9.80 Å². The summed E-state index contributed by atoms with van der Waals surface area (Å²) in [6.07, 6.45) is 0.543. The third kappa shape index (κ3) is 4.51. The molecule has 0 unspecified atom stereocenters. The van der Waals surface area contributed by atoms with Gasteiger partial charge in [0.05, 0.1) is 6.54 Å². The average molecular weight is 347 g/mol.